The first-order chi connectivity index (χ1) is 17.6. The summed E-state index contributed by atoms with van der Waals surface area (Å²) in [5.74, 6) is 1.15. The first kappa shape index (κ1) is 24.8. The molecule has 0 saturated carbocycles. The molecule has 1 aliphatic rings. The molecule has 3 aromatic heterocycles. The fraction of sp³-hybridized carbons (Fsp3) is 0.259. The molecule has 2 aromatic carbocycles. The topological polar surface area (TPSA) is 112 Å². The van der Waals surface area contributed by atoms with Gasteiger partial charge in [-0.1, -0.05) is 18.2 Å². The molecule has 9 nitrogen and oxygen atoms in total. The molecular formula is C27H29N7O2S. The quantitative estimate of drug-likeness (QED) is 0.319. The second-order valence-corrected chi connectivity index (χ2v) is 9.14. The van der Waals surface area contributed by atoms with Gasteiger partial charge < -0.3 is 24.9 Å². The van der Waals surface area contributed by atoms with Gasteiger partial charge >= 0.3 is 0 Å². The van der Waals surface area contributed by atoms with Crippen LogP contribution in [0.4, 0.5) is 11.4 Å². The minimum Gasteiger partial charge on any atom is -0.375 e. The van der Waals surface area contributed by atoms with Crippen molar-refractivity contribution in [1.82, 2.24) is 24.9 Å². The van der Waals surface area contributed by atoms with Gasteiger partial charge in [-0.3, -0.25) is 4.79 Å². The lowest BCUT2D eigenvalue weighted by Gasteiger charge is -2.32. The highest BCUT2D eigenvalue weighted by Gasteiger charge is 2.22. The lowest BCUT2D eigenvalue weighted by atomic mass is 10.1. The molecule has 10 heteroatoms. The van der Waals surface area contributed by atoms with Crippen molar-refractivity contribution in [3.8, 4) is 11.4 Å². The summed E-state index contributed by atoms with van der Waals surface area (Å²) in [6, 6.07) is 15.4. The van der Waals surface area contributed by atoms with E-state index in [9.17, 15) is 4.79 Å². The van der Waals surface area contributed by atoms with Gasteiger partial charge in [0.25, 0.3) is 5.56 Å². The molecule has 37 heavy (non-hydrogen) atoms. The molecule has 0 radical (unpaired) electrons. The number of nitrogens with zero attached hydrogens (tertiary/aromatic N) is 4. The van der Waals surface area contributed by atoms with Gasteiger partial charge in [0.15, 0.2) is 0 Å². The van der Waals surface area contributed by atoms with E-state index in [0.29, 0.717) is 29.5 Å². The highest BCUT2D eigenvalue weighted by molar-refractivity contribution is 7.59. The van der Waals surface area contributed by atoms with Crippen molar-refractivity contribution in [3.63, 3.8) is 0 Å². The van der Waals surface area contributed by atoms with Gasteiger partial charge in [-0.15, -0.1) is 0 Å². The van der Waals surface area contributed by atoms with Crippen LogP contribution >= 0.6 is 13.5 Å². The number of hydrogen-bond donors (Lipinski definition) is 3. The summed E-state index contributed by atoms with van der Waals surface area (Å²) in [6.45, 7) is 6.45. The van der Waals surface area contributed by atoms with Gasteiger partial charge in [0.05, 0.1) is 41.0 Å². The molecule has 0 spiro atoms. The number of imidazole rings is 1. The number of hydrogen-bond acceptors (Lipinski definition) is 7. The van der Waals surface area contributed by atoms with E-state index in [1.807, 2.05) is 37.3 Å². The zero-order valence-corrected chi connectivity index (χ0v) is 21.7. The second kappa shape index (κ2) is 10.2. The summed E-state index contributed by atoms with van der Waals surface area (Å²) in [5.41, 5.74) is 4.44. The zero-order chi connectivity index (χ0) is 24.6. The number of anilines is 2. The van der Waals surface area contributed by atoms with Crippen molar-refractivity contribution in [2.45, 2.75) is 26.0 Å². The molecule has 5 aromatic rings. The Kier molecular flexibility index (Phi) is 6.86. The van der Waals surface area contributed by atoms with Crippen molar-refractivity contribution in [1.29, 1.82) is 0 Å². The van der Waals surface area contributed by atoms with Crippen molar-refractivity contribution in [2.75, 3.05) is 29.9 Å². The Hall–Kier alpha value is -3.89. The molecular weight excluding hydrogens is 486 g/mol. The van der Waals surface area contributed by atoms with E-state index in [1.165, 1.54) is 0 Å². The van der Waals surface area contributed by atoms with Crippen LogP contribution in [0.2, 0.25) is 0 Å². The lowest BCUT2D eigenvalue weighted by molar-refractivity contribution is 0.0532. The average Bonchev–Trinajstić information content (AvgIpc) is 3.32. The van der Waals surface area contributed by atoms with E-state index >= 15 is 0 Å². The number of morpholine rings is 1. The Morgan fingerprint density at radius 1 is 1.08 bits per heavy atom. The number of fused-ring (bicyclic) bond motifs is 2. The Morgan fingerprint density at radius 3 is 2.70 bits per heavy atom. The molecule has 0 aliphatic carbocycles. The summed E-state index contributed by atoms with van der Waals surface area (Å²) in [4.78, 5) is 35.7. The standard InChI is InChI=1S/C27H27N7O2.H2S/c1-16-15-34(12-13-36-16)18-8-9-21-22(14-18)32-26(31-21)23-24(30-17(2)25-28-10-5-11-29-25)19-6-3-4-7-20(19)33-27(23)35;/h3-11,14,16-17H,12-13,15H2,1-2H3,(H,31,32)(H2,30,33,35);1H2/t16-,17-;/m0./s1. The van der Waals surface area contributed by atoms with Crippen LogP contribution in [0.5, 0.6) is 0 Å². The number of para-hydroxylation sites is 1. The van der Waals surface area contributed by atoms with Crippen LogP contribution in [-0.2, 0) is 4.74 Å². The molecule has 0 bridgehead atoms. The SMILES string of the molecule is C[C@H](Nc1c(-c2nc3ccc(N4CCO[C@@H](C)C4)cc3[nH]2)c(=O)[nH]c2ccccc12)c1ncccn1.S. The fourth-order valence-electron chi connectivity index (χ4n) is 4.80. The Morgan fingerprint density at radius 2 is 1.89 bits per heavy atom. The van der Waals surface area contributed by atoms with Gasteiger partial charge in [0.2, 0.25) is 0 Å². The highest BCUT2D eigenvalue weighted by atomic mass is 32.1. The number of ether oxygens (including phenoxy) is 1. The molecule has 6 rings (SSSR count). The number of aromatic amines is 2. The van der Waals surface area contributed by atoms with Crippen molar-refractivity contribution in [3.05, 3.63) is 77.1 Å². The second-order valence-electron chi connectivity index (χ2n) is 9.14. The number of aromatic nitrogens is 5. The Labute approximate surface area is 220 Å². The Balaban J connectivity index is 0.00000280. The number of rotatable bonds is 5. The molecule has 0 amide bonds. The summed E-state index contributed by atoms with van der Waals surface area (Å²) in [7, 11) is 0. The van der Waals surface area contributed by atoms with Crippen LogP contribution in [-0.4, -0.2) is 50.7 Å². The van der Waals surface area contributed by atoms with Crippen LogP contribution in [0.15, 0.2) is 65.7 Å². The molecule has 2 atom stereocenters. The molecule has 4 heterocycles. The predicted molar refractivity (Wildman–Crippen MR) is 152 cm³/mol. The third-order valence-corrected chi connectivity index (χ3v) is 6.56. The van der Waals surface area contributed by atoms with E-state index in [-0.39, 0.29) is 31.2 Å². The van der Waals surface area contributed by atoms with E-state index in [0.717, 1.165) is 40.7 Å². The van der Waals surface area contributed by atoms with E-state index in [4.69, 9.17) is 9.72 Å². The normalized spacial score (nSPS) is 16.5. The number of H-pyrrole nitrogens is 2. The van der Waals surface area contributed by atoms with Gasteiger partial charge in [-0.05, 0) is 44.2 Å². The predicted octanol–water partition coefficient (Wildman–Crippen LogP) is 4.37. The van der Waals surface area contributed by atoms with Gasteiger partial charge in [-0.25, -0.2) is 15.0 Å². The third kappa shape index (κ3) is 4.77. The van der Waals surface area contributed by atoms with Crippen LogP contribution in [0.1, 0.15) is 25.7 Å². The zero-order valence-electron chi connectivity index (χ0n) is 20.7. The maximum atomic E-state index is 13.4. The maximum absolute atomic E-state index is 13.4. The van der Waals surface area contributed by atoms with E-state index in [1.54, 1.807) is 18.5 Å². The first-order valence-corrected chi connectivity index (χ1v) is 12.1. The Bertz CT molecular complexity index is 1600. The summed E-state index contributed by atoms with van der Waals surface area (Å²) in [5, 5.41) is 4.38. The number of benzene rings is 2. The number of nitrogens with one attached hydrogen (secondary N) is 3. The smallest absolute Gasteiger partial charge is 0.261 e. The maximum Gasteiger partial charge on any atom is 0.261 e. The molecule has 3 N–H and O–H groups in total. The van der Waals surface area contributed by atoms with Crippen LogP contribution in [0, 0.1) is 0 Å². The van der Waals surface area contributed by atoms with Crippen molar-refractivity contribution in [2.24, 2.45) is 0 Å². The summed E-state index contributed by atoms with van der Waals surface area (Å²) in [6.07, 6.45) is 3.61. The van der Waals surface area contributed by atoms with Crippen molar-refractivity contribution >= 4 is 46.8 Å². The van der Waals surface area contributed by atoms with Crippen LogP contribution in [0.3, 0.4) is 0 Å². The van der Waals surface area contributed by atoms with Crippen LogP contribution in [0.25, 0.3) is 33.3 Å². The highest BCUT2D eigenvalue weighted by Crippen LogP contribution is 2.33. The summed E-state index contributed by atoms with van der Waals surface area (Å²) >= 11 is 0. The van der Waals surface area contributed by atoms with Crippen LogP contribution < -0.4 is 15.8 Å². The molecule has 0 unspecified atom stereocenters. The molecule has 190 valence electrons. The molecule has 1 fully saturated rings. The average molecular weight is 516 g/mol. The fourth-order valence-corrected chi connectivity index (χ4v) is 4.80. The number of pyridine rings is 1. The minimum atomic E-state index is -0.227. The summed E-state index contributed by atoms with van der Waals surface area (Å²) < 4.78 is 5.69. The van der Waals surface area contributed by atoms with Gasteiger partial charge in [0, 0.05) is 36.6 Å². The van der Waals surface area contributed by atoms with E-state index < -0.39 is 0 Å². The molecule has 1 saturated heterocycles. The first-order valence-electron chi connectivity index (χ1n) is 12.1. The van der Waals surface area contributed by atoms with Crippen molar-refractivity contribution < 1.29 is 4.74 Å². The monoisotopic (exact) mass is 515 g/mol. The minimum absolute atomic E-state index is 0. The lowest BCUT2D eigenvalue weighted by Crippen LogP contribution is -2.41. The molecule has 1 aliphatic heterocycles. The van der Waals surface area contributed by atoms with Gasteiger partial charge in [-0.2, -0.15) is 13.5 Å². The largest absolute Gasteiger partial charge is 0.375 e. The third-order valence-electron chi connectivity index (χ3n) is 6.56. The van der Waals surface area contributed by atoms with Gasteiger partial charge in [0.1, 0.15) is 17.2 Å². The van der Waals surface area contributed by atoms with E-state index in [2.05, 4.69) is 49.2 Å².